The standard InChI is InChI=1S/C22H20OS/c1-13-14(2)22-20(11-12-24-22)17-10-6-9-16(15(17)3)18-7-4-5-8-19(18)21(13)23/h4-14H,1-3H3. The number of Topliss-reactive ketones (excluding diaryl/α,β-unsaturated/α-hetero) is 1. The second-order valence-electron chi connectivity index (χ2n) is 6.66. The van der Waals surface area contributed by atoms with Crippen LogP contribution in [0, 0.1) is 12.8 Å². The summed E-state index contributed by atoms with van der Waals surface area (Å²) in [6.45, 7) is 6.42. The van der Waals surface area contributed by atoms with Crippen LogP contribution in [0.3, 0.4) is 0 Å². The minimum absolute atomic E-state index is 0.0344. The lowest BCUT2D eigenvalue weighted by Crippen LogP contribution is -2.19. The Balaban J connectivity index is 2.11. The highest BCUT2D eigenvalue weighted by atomic mass is 32.1. The largest absolute Gasteiger partial charge is 0.294 e. The minimum atomic E-state index is -0.0344. The van der Waals surface area contributed by atoms with E-state index in [1.165, 1.54) is 21.6 Å². The molecule has 120 valence electrons. The maximum atomic E-state index is 13.2. The van der Waals surface area contributed by atoms with Gasteiger partial charge in [0.2, 0.25) is 0 Å². The van der Waals surface area contributed by atoms with Crippen molar-refractivity contribution in [3.05, 3.63) is 69.9 Å². The molecule has 1 aliphatic carbocycles. The normalized spacial score (nSPS) is 19.5. The number of hydrogen-bond donors (Lipinski definition) is 0. The first-order valence-electron chi connectivity index (χ1n) is 8.40. The third-order valence-electron chi connectivity index (χ3n) is 5.38. The molecular weight excluding hydrogens is 312 g/mol. The Kier molecular flexibility index (Phi) is 3.65. The average molecular weight is 332 g/mol. The average Bonchev–Trinajstić information content (AvgIpc) is 3.09. The van der Waals surface area contributed by atoms with Crippen molar-refractivity contribution in [3.8, 4) is 22.3 Å². The summed E-state index contributed by atoms with van der Waals surface area (Å²) < 4.78 is 0. The highest BCUT2D eigenvalue weighted by molar-refractivity contribution is 7.10. The van der Waals surface area contributed by atoms with Crippen LogP contribution in [0.1, 0.15) is 40.6 Å². The van der Waals surface area contributed by atoms with E-state index in [9.17, 15) is 4.79 Å². The molecule has 0 fully saturated rings. The van der Waals surface area contributed by atoms with Crippen molar-refractivity contribution in [1.82, 2.24) is 0 Å². The first-order valence-corrected chi connectivity index (χ1v) is 9.28. The van der Waals surface area contributed by atoms with Crippen LogP contribution in [0.2, 0.25) is 0 Å². The molecule has 1 aromatic heterocycles. The molecule has 2 bridgehead atoms. The van der Waals surface area contributed by atoms with Gasteiger partial charge in [-0.2, -0.15) is 0 Å². The second-order valence-corrected chi connectivity index (χ2v) is 7.61. The Morgan fingerprint density at radius 1 is 0.750 bits per heavy atom. The van der Waals surface area contributed by atoms with Gasteiger partial charge in [0.15, 0.2) is 5.78 Å². The van der Waals surface area contributed by atoms with Crippen molar-refractivity contribution in [2.24, 2.45) is 5.92 Å². The zero-order valence-electron chi connectivity index (χ0n) is 14.2. The molecule has 2 aromatic carbocycles. The summed E-state index contributed by atoms with van der Waals surface area (Å²) in [4.78, 5) is 14.5. The van der Waals surface area contributed by atoms with Gasteiger partial charge in [0.05, 0.1) is 0 Å². The Morgan fingerprint density at radius 2 is 1.38 bits per heavy atom. The summed E-state index contributed by atoms with van der Waals surface area (Å²) in [5.41, 5.74) is 6.88. The van der Waals surface area contributed by atoms with E-state index in [2.05, 4.69) is 56.5 Å². The first-order chi connectivity index (χ1) is 11.6. The summed E-state index contributed by atoms with van der Waals surface area (Å²) in [5.74, 6) is 0.415. The molecule has 0 saturated heterocycles. The number of benzene rings is 2. The lowest BCUT2D eigenvalue weighted by atomic mass is 9.80. The maximum Gasteiger partial charge on any atom is 0.166 e. The number of ketones is 1. The van der Waals surface area contributed by atoms with E-state index in [1.54, 1.807) is 11.3 Å². The van der Waals surface area contributed by atoms with E-state index in [0.29, 0.717) is 0 Å². The molecule has 2 unspecified atom stereocenters. The highest BCUT2D eigenvalue weighted by Crippen LogP contribution is 2.43. The zero-order chi connectivity index (χ0) is 16.8. The minimum Gasteiger partial charge on any atom is -0.294 e. The van der Waals surface area contributed by atoms with E-state index in [0.717, 1.165) is 16.7 Å². The van der Waals surface area contributed by atoms with E-state index < -0.39 is 0 Å². The number of carbonyl (C=O) groups is 1. The molecule has 2 atom stereocenters. The molecule has 0 spiro atoms. The van der Waals surface area contributed by atoms with E-state index in [-0.39, 0.29) is 17.6 Å². The van der Waals surface area contributed by atoms with Crippen LogP contribution in [0.25, 0.3) is 22.3 Å². The van der Waals surface area contributed by atoms with Gasteiger partial charge in [0.1, 0.15) is 0 Å². The predicted octanol–water partition coefficient (Wildman–Crippen LogP) is 6.33. The topological polar surface area (TPSA) is 17.1 Å². The molecule has 0 N–H and O–H groups in total. The Morgan fingerprint density at radius 3 is 2.12 bits per heavy atom. The van der Waals surface area contributed by atoms with Gasteiger partial charge in [-0.1, -0.05) is 56.3 Å². The van der Waals surface area contributed by atoms with Crippen molar-refractivity contribution < 1.29 is 4.79 Å². The molecule has 2 heteroatoms. The molecule has 3 aromatic rings. The monoisotopic (exact) mass is 332 g/mol. The van der Waals surface area contributed by atoms with E-state index in [4.69, 9.17) is 0 Å². The number of fused-ring (bicyclic) bond motifs is 6. The number of hydrogen-bond acceptors (Lipinski definition) is 2. The van der Waals surface area contributed by atoms with Crippen LogP contribution in [0.4, 0.5) is 0 Å². The van der Waals surface area contributed by atoms with Gasteiger partial charge < -0.3 is 0 Å². The fourth-order valence-electron chi connectivity index (χ4n) is 3.75. The second kappa shape index (κ2) is 5.71. The van der Waals surface area contributed by atoms with Gasteiger partial charge in [-0.25, -0.2) is 0 Å². The summed E-state index contributed by atoms with van der Waals surface area (Å²) >= 11 is 1.77. The zero-order valence-corrected chi connectivity index (χ0v) is 15.0. The van der Waals surface area contributed by atoms with E-state index in [1.807, 2.05) is 18.2 Å². The quantitative estimate of drug-likeness (QED) is 0.470. The van der Waals surface area contributed by atoms with Crippen LogP contribution in [-0.4, -0.2) is 5.78 Å². The molecule has 0 saturated carbocycles. The van der Waals surface area contributed by atoms with Crippen LogP contribution < -0.4 is 0 Å². The number of thiophene rings is 1. The molecule has 0 amide bonds. The third-order valence-corrected chi connectivity index (χ3v) is 6.50. The molecule has 24 heavy (non-hydrogen) atoms. The SMILES string of the molecule is Cc1c2cccc1-c1ccsc1C(C)C(C)C(=O)c1ccccc1-2. The number of rotatable bonds is 0. The molecule has 1 heterocycles. The predicted molar refractivity (Wildman–Crippen MR) is 102 cm³/mol. The summed E-state index contributed by atoms with van der Waals surface area (Å²) in [5, 5.41) is 2.15. The van der Waals surface area contributed by atoms with Gasteiger partial charge >= 0.3 is 0 Å². The van der Waals surface area contributed by atoms with Crippen molar-refractivity contribution >= 4 is 17.1 Å². The lowest BCUT2D eigenvalue weighted by Gasteiger charge is -2.24. The first kappa shape index (κ1) is 15.3. The summed E-state index contributed by atoms with van der Waals surface area (Å²) in [7, 11) is 0. The van der Waals surface area contributed by atoms with Crippen molar-refractivity contribution in [3.63, 3.8) is 0 Å². The molecule has 4 rings (SSSR count). The van der Waals surface area contributed by atoms with Crippen molar-refractivity contribution in [2.75, 3.05) is 0 Å². The smallest absolute Gasteiger partial charge is 0.166 e. The maximum absolute atomic E-state index is 13.2. The van der Waals surface area contributed by atoms with E-state index >= 15 is 0 Å². The highest BCUT2D eigenvalue weighted by Gasteiger charge is 2.29. The molecule has 0 aliphatic heterocycles. The number of carbonyl (C=O) groups excluding carboxylic acids is 1. The van der Waals surface area contributed by atoms with Crippen molar-refractivity contribution in [1.29, 1.82) is 0 Å². The van der Waals surface area contributed by atoms with Crippen LogP contribution >= 0.6 is 11.3 Å². The third kappa shape index (κ3) is 2.17. The summed E-state index contributed by atoms with van der Waals surface area (Å²) in [6, 6.07) is 16.7. The fraction of sp³-hybridized carbons (Fsp3) is 0.227. The van der Waals surface area contributed by atoms with Gasteiger partial charge in [-0.05, 0) is 46.2 Å². The molecule has 0 radical (unpaired) electrons. The van der Waals surface area contributed by atoms with Gasteiger partial charge in [-0.3, -0.25) is 4.79 Å². The Bertz CT molecular complexity index is 935. The lowest BCUT2D eigenvalue weighted by molar-refractivity contribution is 0.0917. The van der Waals surface area contributed by atoms with Crippen LogP contribution in [0.5, 0.6) is 0 Å². The molecule has 1 nitrogen and oxygen atoms in total. The van der Waals surface area contributed by atoms with Gasteiger partial charge in [0.25, 0.3) is 0 Å². The fourth-order valence-corrected chi connectivity index (χ4v) is 4.82. The van der Waals surface area contributed by atoms with Crippen molar-refractivity contribution in [2.45, 2.75) is 26.7 Å². The van der Waals surface area contributed by atoms with Gasteiger partial charge in [-0.15, -0.1) is 11.3 Å². The molecule has 1 aliphatic rings. The molecular formula is C22H20OS. The van der Waals surface area contributed by atoms with Crippen LogP contribution in [0.15, 0.2) is 53.9 Å². The Labute approximate surface area is 147 Å². The van der Waals surface area contributed by atoms with Crippen LogP contribution in [-0.2, 0) is 0 Å². The Hall–Kier alpha value is -2.19. The summed E-state index contributed by atoms with van der Waals surface area (Å²) in [6.07, 6.45) is 0. The van der Waals surface area contributed by atoms with Gasteiger partial charge in [0, 0.05) is 22.3 Å².